The molecule has 0 spiro atoms. The predicted octanol–water partition coefficient (Wildman–Crippen LogP) is 8.12. The van der Waals surface area contributed by atoms with E-state index < -0.39 is 16.3 Å². The van der Waals surface area contributed by atoms with E-state index in [1.807, 2.05) is 61.5 Å². The number of rotatable bonds is 10. The Morgan fingerprint density at radius 1 is 0.771 bits per heavy atom. The van der Waals surface area contributed by atoms with Gasteiger partial charge in [-0.1, -0.05) is 82.2 Å². The highest BCUT2D eigenvalue weighted by molar-refractivity contribution is 8.31. The van der Waals surface area contributed by atoms with E-state index in [-0.39, 0.29) is 0 Å². The second-order valence-corrected chi connectivity index (χ2v) is 13.9. The molecular weight excluding hydrogens is 456 g/mol. The molecule has 3 aromatic rings. The fraction of sp³-hybridized carbons (Fsp3) is 0.367. The van der Waals surface area contributed by atoms with Crippen LogP contribution in [0.4, 0.5) is 0 Å². The molecule has 35 heavy (non-hydrogen) atoms. The van der Waals surface area contributed by atoms with Crippen LogP contribution in [0.15, 0.2) is 72.8 Å². The summed E-state index contributed by atoms with van der Waals surface area (Å²) >= 11 is 0. The van der Waals surface area contributed by atoms with E-state index in [1.165, 1.54) is 0 Å². The first-order valence-electron chi connectivity index (χ1n) is 12.2. The Morgan fingerprint density at radius 3 is 1.89 bits per heavy atom. The molecule has 4 nitrogen and oxygen atoms in total. The van der Waals surface area contributed by atoms with E-state index in [9.17, 15) is 4.79 Å². The van der Waals surface area contributed by atoms with Crippen LogP contribution in [0.25, 0.3) is 0 Å². The number of ether oxygens (including phenoxy) is 2. The van der Waals surface area contributed by atoms with Gasteiger partial charge in [-0.15, -0.1) is 0 Å². The molecule has 0 atom stereocenters. The van der Waals surface area contributed by atoms with Crippen LogP contribution in [-0.4, -0.2) is 21.7 Å². The maximum atomic E-state index is 12.8. The third-order valence-corrected chi connectivity index (χ3v) is 11.0. The van der Waals surface area contributed by atoms with Gasteiger partial charge in [-0.05, 0) is 60.5 Å². The predicted molar refractivity (Wildman–Crippen MR) is 147 cm³/mol. The molecule has 0 radical (unpaired) electrons. The summed E-state index contributed by atoms with van der Waals surface area (Å²) in [6.45, 7) is 15.9. The maximum Gasteiger partial charge on any atom is 0.343 e. The molecule has 3 rings (SSSR count). The quantitative estimate of drug-likeness (QED) is 0.211. The van der Waals surface area contributed by atoms with Crippen molar-refractivity contribution in [2.24, 2.45) is 0 Å². The van der Waals surface area contributed by atoms with Crippen molar-refractivity contribution in [3.8, 4) is 17.2 Å². The molecule has 0 unspecified atom stereocenters. The van der Waals surface area contributed by atoms with Crippen LogP contribution >= 0.6 is 10.3 Å². The zero-order chi connectivity index (χ0) is 25.6. The number of carbonyl (C=O) groups is 1. The average molecular weight is 495 g/mol. The maximum absolute atomic E-state index is 12.8. The topological polar surface area (TPSA) is 44.8 Å². The number of hydrogen-bond acceptors (Lipinski definition) is 4. The van der Waals surface area contributed by atoms with Crippen LogP contribution in [-0.2, 0) is 6.61 Å². The second kappa shape index (κ2) is 11.7. The fourth-order valence-electron chi connectivity index (χ4n) is 4.48. The normalized spacial score (nSPS) is 12.2. The Bertz CT molecular complexity index is 1080. The molecule has 0 fully saturated rings. The Hall–Kier alpha value is -2.92. The summed E-state index contributed by atoms with van der Waals surface area (Å²) in [5, 5.41) is 1.28. The van der Waals surface area contributed by atoms with Crippen molar-refractivity contribution >= 4 is 16.3 Å². The lowest BCUT2D eigenvalue weighted by molar-refractivity contribution is 0.0734. The van der Waals surface area contributed by atoms with E-state index in [4.69, 9.17) is 13.7 Å². The highest BCUT2D eigenvalue weighted by Crippen LogP contribution is 2.60. The van der Waals surface area contributed by atoms with Gasteiger partial charge in [-0.25, -0.2) is 4.79 Å². The summed E-state index contributed by atoms with van der Waals surface area (Å²) in [5.41, 5.74) is 2.49. The van der Waals surface area contributed by atoms with Crippen molar-refractivity contribution in [1.29, 1.82) is 0 Å². The average Bonchev–Trinajstić information content (AvgIpc) is 2.82. The first-order chi connectivity index (χ1) is 16.6. The van der Waals surface area contributed by atoms with Crippen LogP contribution in [0, 0.1) is 6.92 Å². The van der Waals surface area contributed by atoms with Gasteiger partial charge in [0.15, 0.2) is 0 Å². The van der Waals surface area contributed by atoms with Gasteiger partial charge in [-0.3, -0.25) is 0 Å². The molecule has 0 aliphatic heterocycles. The molecule has 0 bridgehead atoms. The third kappa shape index (κ3) is 6.40. The zero-order valence-corrected chi connectivity index (χ0v) is 22.7. The zero-order valence-electron chi connectivity index (χ0n) is 21.9. The Labute approximate surface area is 212 Å². The summed E-state index contributed by atoms with van der Waals surface area (Å²) in [5.74, 6) is 1.65. The highest BCUT2D eigenvalue weighted by atomic mass is 32.3. The minimum Gasteiger partial charge on any atom is -0.489 e. The molecule has 188 valence electrons. The number of hydrogen-bond donors (Lipinski definition) is 0. The summed E-state index contributed by atoms with van der Waals surface area (Å²) in [6, 6.07) is 22.7. The van der Waals surface area contributed by atoms with E-state index >= 15 is 0 Å². The fourth-order valence-corrected chi connectivity index (χ4v) is 8.77. The first kappa shape index (κ1) is 26.7. The smallest absolute Gasteiger partial charge is 0.343 e. The van der Waals surface area contributed by atoms with Gasteiger partial charge in [0, 0.05) is 15.7 Å². The van der Waals surface area contributed by atoms with Crippen molar-refractivity contribution in [2.45, 2.75) is 70.8 Å². The van der Waals surface area contributed by atoms with E-state index in [0.29, 0.717) is 33.7 Å². The summed E-state index contributed by atoms with van der Waals surface area (Å²) in [4.78, 5) is 12.8. The van der Waals surface area contributed by atoms with Crippen LogP contribution in [0.1, 0.15) is 63.0 Å². The number of esters is 1. The molecule has 0 aliphatic rings. The van der Waals surface area contributed by atoms with E-state index in [1.54, 1.807) is 18.2 Å². The first-order valence-corrected chi connectivity index (χ1v) is 14.0. The minimum absolute atomic E-state index is 0.399. The van der Waals surface area contributed by atoms with Gasteiger partial charge in [0.05, 0.1) is 5.56 Å². The molecule has 0 aliphatic carbocycles. The molecule has 0 heterocycles. The number of aryl methyl sites for hydroxylation is 1. The van der Waals surface area contributed by atoms with Crippen LogP contribution in [0.3, 0.4) is 0 Å². The van der Waals surface area contributed by atoms with Crippen molar-refractivity contribution in [3.63, 3.8) is 0 Å². The van der Waals surface area contributed by atoms with Crippen LogP contribution in [0.5, 0.6) is 17.2 Å². The molecule has 0 saturated carbocycles. The van der Waals surface area contributed by atoms with E-state index in [2.05, 4.69) is 41.5 Å². The van der Waals surface area contributed by atoms with Gasteiger partial charge in [0.1, 0.15) is 23.9 Å². The minimum atomic E-state index is -1.34. The van der Waals surface area contributed by atoms with Crippen molar-refractivity contribution in [1.82, 2.24) is 0 Å². The standard InChI is InChI=1S/C30H38O4S/c1-21(2)35(22(3)4,23(5)6)34-27-15-13-26(14-16-27)30(31)33-28-17-18-29(24(7)19-28)32-20-25-11-9-8-10-12-25/h8-19,21-23H,20H2,1-7H3. The lowest BCUT2D eigenvalue weighted by Gasteiger charge is -2.50. The second-order valence-electron chi connectivity index (χ2n) is 9.54. The summed E-state index contributed by atoms with van der Waals surface area (Å²) in [6.07, 6.45) is 0. The van der Waals surface area contributed by atoms with E-state index in [0.717, 1.165) is 22.6 Å². The summed E-state index contributed by atoms with van der Waals surface area (Å²) in [7, 11) is -1.34. The van der Waals surface area contributed by atoms with Gasteiger partial charge in [0.2, 0.25) is 0 Å². The van der Waals surface area contributed by atoms with Crippen molar-refractivity contribution in [2.75, 3.05) is 0 Å². The van der Waals surface area contributed by atoms with Gasteiger partial charge in [-0.2, -0.15) is 0 Å². The molecule has 5 heteroatoms. The monoisotopic (exact) mass is 494 g/mol. The highest BCUT2D eigenvalue weighted by Gasteiger charge is 2.37. The Morgan fingerprint density at radius 2 is 1.34 bits per heavy atom. The molecule has 0 saturated heterocycles. The summed E-state index contributed by atoms with van der Waals surface area (Å²) < 4.78 is 18.2. The van der Waals surface area contributed by atoms with Crippen LogP contribution in [0.2, 0.25) is 0 Å². The third-order valence-electron chi connectivity index (χ3n) is 6.14. The van der Waals surface area contributed by atoms with Gasteiger partial charge in [0.25, 0.3) is 0 Å². The largest absolute Gasteiger partial charge is 0.489 e. The van der Waals surface area contributed by atoms with Crippen LogP contribution < -0.4 is 13.7 Å². The number of benzene rings is 3. The van der Waals surface area contributed by atoms with Crippen molar-refractivity contribution < 1.29 is 18.5 Å². The Kier molecular flexibility index (Phi) is 8.90. The van der Waals surface area contributed by atoms with Crippen molar-refractivity contribution in [3.05, 3.63) is 89.5 Å². The molecule has 3 aromatic carbocycles. The lowest BCUT2D eigenvalue weighted by atomic mass is 10.2. The SMILES string of the molecule is Cc1cc(OC(=O)c2ccc(OS(C(C)C)(C(C)C)C(C)C)cc2)ccc1OCc1ccccc1. The van der Waals surface area contributed by atoms with Gasteiger partial charge < -0.3 is 13.7 Å². The molecule has 0 N–H and O–H groups in total. The number of carbonyl (C=O) groups excluding carboxylic acids is 1. The Balaban J connectivity index is 1.65. The lowest BCUT2D eigenvalue weighted by Crippen LogP contribution is -2.32. The molecule has 0 aromatic heterocycles. The molecule has 0 amide bonds. The molecular formula is C30H38O4S. The van der Waals surface area contributed by atoms with Gasteiger partial charge >= 0.3 is 5.97 Å².